The van der Waals surface area contributed by atoms with Gasteiger partial charge in [-0.05, 0) is 12.0 Å². The van der Waals surface area contributed by atoms with Crippen molar-refractivity contribution in [2.45, 2.75) is 38.1 Å². The highest BCUT2D eigenvalue weighted by molar-refractivity contribution is 5.27. The van der Waals surface area contributed by atoms with Crippen LogP contribution in [0, 0.1) is 0 Å². The third kappa shape index (κ3) is 2.40. The molecule has 0 bridgehead atoms. The molecule has 0 heterocycles. The highest BCUT2D eigenvalue weighted by Gasteiger charge is 2.25. The van der Waals surface area contributed by atoms with Gasteiger partial charge < -0.3 is 15.3 Å². The monoisotopic (exact) mass is 184 g/mol. The second kappa shape index (κ2) is 4.56. The molecule has 1 rings (SSSR count). The Labute approximate surface area is 78.0 Å². The first-order valence-corrected chi connectivity index (χ1v) is 4.59. The Hall–Kier alpha value is -0.640. The summed E-state index contributed by atoms with van der Waals surface area (Å²) in [6.45, 7) is 1.96. The molecule has 0 radical (unpaired) electrons. The maximum Gasteiger partial charge on any atom is 0.107 e. The number of rotatable bonds is 3. The summed E-state index contributed by atoms with van der Waals surface area (Å²) in [7, 11) is 0. The number of hydrogen-bond donors (Lipinski definition) is 3. The first-order chi connectivity index (χ1) is 6.16. The lowest BCUT2D eigenvalue weighted by Crippen LogP contribution is -2.33. The van der Waals surface area contributed by atoms with Gasteiger partial charge in [0.15, 0.2) is 0 Å². The van der Waals surface area contributed by atoms with E-state index in [1.165, 1.54) is 6.08 Å². The van der Waals surface area contributed by atoms with Crippen LogP contribution in [-0.4, -0.2) is 33.6 Å². The first kappa shape index (κ1) is 10.4. The van der Waals surface area contributed by atoms with E-state index in [9.17, 15) is 15.3 Å². The van der Waals surface area contributed by atoms with Gasteiger partial charge in [-0.15, -0.1) is 0 Å². The van der Waals surface area contributed by atoms with Gasteiger partial charge in [0.25, 0.3) is 0 Å². The van der Waals surface area contributed by atoms with Crippen molar-refractivity contribution >= 4 is 0 Å². The van der Waals surface area contributed by atoms with Gasteiger partial charge in [0.2, 0.25) is 0 Å². The predicted octanol–water partition coefficient (Wildman–Crippen LogP) is 0.365. The Bertz CT molecular complexity index is 220. The van der Waals surface area contributed by atoms with E-state index in [0.29, 0.717) is 12.0 Å². The second-order valence-electron chi connectivity index (χ2n) is 3.29. The molecular weight excluding hydrogens is 168 g/mol. The summed E-state index contributed by atoms with van der Waals surface area (Å²) in [5, 5.41) is 28.4. The molecule has 74 valence electrons. The van der Waals surface area contributed by atoms with Gasteiger partial charge in [0, 0.05) is 0 Å². The molecule has 3 N–H and O–H groups in total. The molecule has 3 nitrogen and oxygen atoms in total. The molecule has 1 aliphatic rings. The average Bonchev–Trinajstić information content (AvgIpc) is 2.10. The van der Waals surface area contributed by atoms with E-state index in [-0.39, 0.29) is 0 Å². The molecule has 0 amide bonds. The molecule has 0 saturated carbocycles. The maximum atomic E-state index is 9.59. The smallest absolute Gasteiger partial charge is 0.107 e. The Morgan fingerprint density at radius 3 is 2.77 bits per heavy atom. The minimum Gasteiger partial charge on any atom is -0.389 e. The van der Waals surface area contributed by atoms with Crippen molar-refractivity contribution in [2.75, 3.05) is 0 Å². The Morgan fingerprint density at radius 2 is 2.15 bits per heavy atom. The minimum atomic E-state index is -0.952. The van der Waals surface area contributed by atoms with Crippen molar-refractivity contribution in [1.29, 1.82) is 0 Å². The van der Waals surface area contributed by atoms with E-state index < -0.39 is 18.3 Å². The largest absolute Gasteiger partial charge is 0.389 e. The van der Waals surface area contributed by atoms with Crippen LogP contribution in [0.3, 0.4) is 0 Å². The van der Waals surface area contributed by atoms with E-state index in [1.54, 1.807) is 12.2 Å². The van der Waals surface area contributed by atoms with Crippen molar-refractivity contribution in [3.05, 3.63) is 23.8 Å². The fourth-order valence-electron chi connectivity index (χ4n) is 1.43. The van der Waals surface area contributed by atoms with Crippen molar-refractivity contribution in [3.8, 4) is 0 Å². The molecule has 3 heteroatoms. The molecule has 13 heavy (non-hydrogen) atoms. The van der Waals surface area contributed by atoms with Crippen LogP contribution in [0.25, 0.3) is 0 Å². The zero-order chi connectivity index (χ0) is 9.84. The van der Waals surface area contributed by atoms with Gasteiger partial charge in [-0.1, -0.05) is 31.6 Å². The lowest BCUT2D eigenvalue weighted by molar-refractivity contribution is 0.0498. The van der Waals surface area contributed by atoms with E-state index in [1.807, 2.05) is 6.92 Å². The zero-order valence-electron chi connectivity index (χ0n) is 7.72. The van der Waals surface area contributed by atoms with Gasteiger partial charge in [-0.25, -0.2) is 0 Å². The predicted molar refractivity (Wildman–Crippen MR) is 50.2 cm³/mol. The summed E-state index contributed by atoms with van der Waals surface area (Å²) in [5.41, 5.74) is 0.511. The van der Waals surface area contributed by atoms with Gasteiger partial charge in [0.05, 0.1) is 6.10 Å². The van der Waals surface area contributed by atoms with Crippen LogP contribution in [0.5, 0.6) is 0 Å². The molecule has 0 saturated heterocycles. The fraction of sp³-hybridized carbons (Fsp3) is 0.600. The van der Waals surface area contributed by atoms with Gasteiger partial charge in [-0.2, -0.15) is 0 Å². The summed E-state index contributed by atoms with van der Waals surface area (Å²) >= 11 is 0. The number of hydrogen-bond acceptors (Lipinski definition) is 3. The zero-order valence-corrected chi connectivity index (χ0v) is 7.72. The molecule has 0 spiro atoms. The van der Waals surface area contributed by atoms with Gasteiger partial charge in [0.1, 0.15) is 12.2 Å². The van der Waals surface area contributed by atoms with Crippen LogP contribution >= 0.6 is 0 Å². The number of allylic oxidation sites excluding steroid dienone is 2. The standard InChI is InChI=1S/C10H16O3/c1-2-4-8(11)7-5-3-6-9(12)10(7)13/h3,5-6,8-13H,2,4H2,1H3/t8-,9-,10+/m0/s1. The average molecular weight is 184 g/mol. The van der Waals surface area contributed by atoms with Crippen molar-refractivity contribution in [2.24, 2.45) is 0 Å². The molecule has 0 fully saturated rings. The van der Waals surface area contributed by atoms with Crippen LogP contribution in [0.1, 0.15) is 19.8 Å². The Balaban J connectivity index is 2.67. The molecule has 0 aromatic heterocycles. The number of aliphatic hydroxyl groups is 3. The third-order valence-corrected chi connectivity index (χ3v) is 2.21. The van der Waals surface area contributed by atoms with Gasteiger partial charge >= 0.3 is 0 Å². The highest BCUT2D eigenvalue weighted by atomic mass is 16.3. The molecular formula is C10H16O3. The van der Waals surface area contributed by atoms with E-state index >= 15 is 0 Å². The fourth-order valence-corrected chi connectivity index (χ4v) is 1.43. The summed E-state index contributed by atoms with van der Waals surface area (Å²) in [6, 6.07) is 0. The summed E-state index contributed by atoms with van der Waals surface area (Å²) < 4.78 is 0. The number of aliphatic hydroxyl groups excluding tert-OH is 3. The quantitative estimate of drug-likeness (QED) is 0.593. The molecule has 0 aromatic carbocycles. The molecule has 1 aliphatic carbocycles. The minimum absolute atomic E-state index is 0.511. The topological polar surface area (TPSA) is 60.7 Å². The SMILES string of the molecule is CCC[C@H](O)C1=CC=C[C@H](O)[C@@H]1O. The lowest BCUT2D eigenvalue weighted by Gasteiger charge is -2.24. The lowest BCUT2D eigenvalue weighted by atomic mass is 9.93. The van der Waals surface area contributed by atoms with Crippen molar-refractivity contribution in [1.82, 2.24) is 0 Å². The molecule has 0 aliphatic heterocycles. The van der Waals surface area contributed by atoms with E-state index in [4.69, 9.17) is 0 Å². The Morgan fingerprint density at radius 1 is 1.46 bits per heavy atom. The second-order valence-corrected chi connectivity index (χ2v) is 3.29. The first-order valence-electron chi connectivity index (χ1n) is 4.59. The van der Waals surface area contributed by atoms with Crippen LogP contribution in [0.15, 0.2) is 23.8 Å². The maximum absolute atomic E-state index is 9.59. The Kier molecular flexibility index (Phi) is 3.66. The molecule has 0 aromatic rings. The summed E-state index contributed by atoms with van der Waals surface area (Å²) in [5.74, 6) is 0. The third-order valence-electron chi connectivity index (χ3n) is 2.21. The van der Waals surface area contributed by atoms with Crippen molar-refractivity contribution in [3.63, 3.8) is 0 Å². The van der Waals surface area contributed by atoms with Crippen LogP contribution in [0.4, 0.5) is 0 Å². The van der Waals surface area contributed by atoms with Gasteiger partial charge in [-0.3, -0.25) is 0 Å². The molecule has 0 unspecified atom stereocenters. The normalized spacial score (nSPS) is 30.0. The van der Waals surface area contributed by atoms with Crippen molar-refractivity contribution < 1.29 is 15.3 Å². The van der Waals surface area contributed by atoms with Crippen LogP contribution < -0.4 is 0 Å². The van der Waals surface area contributed by atoms with Crippen LogP contribution in [0.2, 0.25) is 0 Å². The van der Waals surface area contributed by atoms with E-state index in [2.05, 4.69) is 0 Å². The summed E-state index contributed by atoms with van der Waals surface area (Å²) in [6.07, 6.45) is 3.82. The van der Waals surface area contributed by atoms with E-state index in [0.717, 1.165) is 6.42 Å². The van der Waals surface area contributed by atoms with Crippen LogP contribution in [-0.2, 0) is 0 Å². The highest BCUT2D eigenvalue weighted by Crippen LogP contribution is 2.19. The molecule has 3 atom stereocenters. The summed E-state index contributed by atoms with van der Waals surface area (Å²) in [4.78, 5) is 0.